The molecule has 0 saturated carbocycles. The van der Waals surface area contributed by atoms with Crippen LogP contribution in [0.2, 0.25) is 0 Å². The fourth-order valence-corrected chi connectivity index (χ4v) is 2.43. The van der Waals surface area contributed by atoms with E-state index in [2.05, 4.69) is 13.8 Å². The van der Waals surface area contributed by atoms with Crippen LogP contribution in [0.15, 0.2) is 18.2 Å². The molecule has 1 aliphatic heterocycles. The van der Waals surface area contributed by atoms with Crippen molar-refractivity contribution in [2.24, 2.45) is 0 Å². The second kappa shape index (κ2) is 3.39. The van der Waals surface area contributed by atoms with Crippen LogP contribution in [0.3, 0.4) is 0 Å². The average molecular weight is 221 g/mol. The molecule has 87 valence electrons. The summed E-state index contributed by atoms with van der Waals surface area (Å²) in [6.07, 6.45) is 0.766. The smallest absolute Gasteiger partial charge is 0.208 e. The summed E-state index contributed by atoms with van der Waals surface area (Å²) in [6.45, 7) is 6.17. The van der Waals surface area contributed by atoms with E-state index >= 15 is 0 Å². The molecule has 1 aliphatic rings. The molecule has 1 heterocycles. The van der Waals surface area contributed by atoms with Crippen LogP contribution < -0.4 is 4.74 Å². The van der Waals surface area contributed by atoms with E-state index in [0.717, 1.165) is 12.0 Å². The first-order valence-electron chi connectivity index (χ1n) is 5.42. The normalized spacial score (nSPS) is 27.0. The minimum atomic E-state index is -0.649. The number of rotatable bonds is 1. The molecule has 0 amide bonds. The Bertz CT molecular complexity index is 412. The molecule has 0 saturated heterocycles. The summed E-state index contributed by atoms with van der Waals surface area (Å²) < 4.78 is 11.1. The largest absolute Gasteiger partial charge is 0.462 e. The van der Waals surface area contributed by atoms with Crippen molar-refractivity contribution in [1.29, 1.82) is 0 Å². The van der Waals surface area contributed by atoms with E-state index in [4.69, 9.17) is 9.47 Å². The van der Waals surface area contributed by atoms with Crippen molar-refractivity contribution in [3.63, 3.8) is 0 Å². The molecule has 16 heavy (non-hydrogen) atoms. The highest BCUT2D eigenvalue weighted by atomic mass is 16.7. The molecular formula is C13H17O3. The monoisotopic (exact) mass is 221 g/mol. The Morgan fingerprint density at radius 3 is 2.62 bits per heavy atom. The first-order valence-corrected chi connectivity index (χ1v) is 5.42. The summed E-state index contributed by atoms with van der Waals surface area (Å²) in [5.41, 5.74) is 1.02. The number of ether oxygens (including phenoxy) is 2. The van der Waals surface area contributed by atoms with Crippen LogP contribution in [-0.4, -0.2) is 12.9 Å². The zero-order chi connectivity index (χ0) is 12.0. The van der Waals surface area contributed by atoms with Gasteiger partial charge < -0.3 is 9.47 Å². The van der Waals surface area contributed by atoms with Crippen molar-refractivity contribution in [2.75, 3.05) is 7.11 Å². The Labute approximate surface area is 96.0 Å². The first-order chi connectivity index (χ1) is 7.36. The molecule has 1 unspecified atom stereocenters. The molecule has 3 heteroatoms. The zero-order valence-corrected chi connectivity index (χ0v) is 10.2. The van der Waals surface area contributed by atoms with E-state index in [-0.39, 0.29) is 11.2 Å². The molecule has 0 spiro atoms. The van der Waals surface area contributed by atoms with Gasteiger partial charge in [0.05, 0.1) is 0 Å². The molecule has 1 aromatic rings. The van der Waals surface area contributed by atoms with Gasteiger partial charge in [0, 0.05) is 32.1 Å². The summed E-state index contributed by atoms with van der Waals surface area (Å²) in [5, 5.41) is 11.3. The summed E-state index contributed by atoms with van der Waals surface area (Å²) in [4.78, 5) is 0. The number of hydrogen-bond donors (Lipinski definition) is 0. The van der Waals surface area contributed by atoms with E-state index < -0.39 is 5.79 Å². The Balaban J connectivity index is 2.51. The summed E-state index contributed by atoms with van der Waals surface area (Å²) in [5.74, 6) is -0.0346. The third-order valence-corrected chi connectivity index (χ3v) is 3.20. The molecule has 1 aromatic carbocycles. The molecule has 0 N–H and O–H groups in total. The van der Waals surface area contributed by atoms with Crippen LogP contribution >= 0.6 is 0 Å². The van der Waals surface area contributed by atoms with Crippen LogP contribution in [-0.2, 0) is 15.3 Å². The SMILES string of the molecule is COC1(C)CC(C)(C)c2ccc([O])cc2O1. The zero-order valence-electron chi connectivity index (χ0n) is 10.2. The van der Waals surface area contributed by atoms with Crippen molar-refractivity contribution in [2.45, 2.75) is 38.4 Å². The van der Waals surface area contributed by atoms with E-state index in [1.807, 2.05) is 13.0 Å². The van der Waals surface area contributed by atoms with Crippen LogP contribution in [0.1, 0.15) is 32.8 Å². The van der Waals surface area contributed by atoms with E-state index in [9.17, 15) is 5.11 Å². The van der Waals surface area contributed by atoms with Gasteiger partial charge in [-0.25, -0.2) is 0 Å². The topological polar surface area (TPSA) is 38.4 Å². The number of hydrogen-bond acceptors (Lipinski definition) is 2. The van der Waals surface area contributed by atoms with E-state index in [1.165, 1.54) is 6.07 Å². The van der Waals surface area contributed by atoms with Gasteiger partial charge in [-0.15, -0.1) is 0 Å². The fourth-order valence-electron chi connectivity index (χ4n) is 2.43. The fraction of sp³-hybridized carbons (Fsp3) is 0.538. The molecular weight excluding hydrogens is 204 g/mol. The van der Waals surface area contributed by atoms with Crippen LogP contribution in [0.4, 0.5) is 0 Å². The standard InChI is InChI=1S/C13H17O3/c1-12(2)8-13(3,15-4)16-11-7-9(14)5-6-10(11)12/h5-7H,8H2,1-4H3. The van der Waals surface area contributed by atoms with E-state index in [1.54, 1.807) is 13.2 Å². The molecule has 0 fully saturated rings. The molecule has 0 aliphatic carbocycles. The maximum absolute atomic E-state index is 11.3. The maximum atomic E-state index is 11.3. The molecule has 2 rings (SSSR count). The second-order valence-electron chi connectivity index (χ2n) is 5.16. The average Bonchev–Trinajstić information content (AvgIpc) is 2.15. The van der Waals surface area contributed by atoms with Gasteiger partial charge in [0.15, 0.2) is 5.75 Å². The van der Waals surface area contributed by atoms with Gasteiger partial charge >= 0.3 is 0 Å². The van der Waals surface area contributed by atoms with Gasteiger partial charge in [-0.2, -0.15) is 0 Å². The lowest BCUT2D eigenvalue weighted by Gasteiger charge is -2.42. The van der Waals surface area contributed by atoms with Crippen molar-refractivity contribution < 1.29 is 14.6 Å². The van der Waals surface area contributed by atoms with Crippen LogP contribution in [0, 0.1) is 0 Å². The highest BCUT2D eigenvalue weighted by Gasteiger charge is 2.42. The Kier molecular flexibility index (Phi) is 2.39. The first kappa shape index (κ1) is 11.3. The molecule has 1 atom stereocenters. The van der Waals surface area contributed by atoms with Gasteiger partial charge in [0.1, 0.15) is 5.75 Å². The van der Waals surface area contributed by atoms with Gasteiger partial charge in [0.2, 0.25) is 5.79 Å². The van der Waals surface area contributed by atoms with Crippen molar-refractivity contribution in [3.8, 4) is 11.5 Å². The minimum absolute atomic E-state index is 0.0325. The predicted octanol–water partition coefficient (Wildman–Crippen LogP) is 3.25. The minimum Gasteiger partial charge on any atom is -0.462 e. The third kappa shape index (κ3) is 1.76. The number of benzene rings is 1. The Hall–Kier alpha value is -1.22. The number of methoxy groups -OCH3 is 1. The summed E-state index contributed by atoms with van der Waals surface area (Å²) >= 11 is 0. The van der Waals surface area contributed by atoms with Crippen LogP contribution in [0.25, 0.3) is 0 Å². The van der Waals surface area contributed by atoms with Crippen LogP contribution in [0.5, 0.6) is 11.5 Å². The van der Waals surface area contributed by atoms with Crippen molar-refractivity contribution >= 4 is 0 Å². The summed E-state index contributed by atoms with van der Waals surface area (Å²) in [7, 11) is 1.63. The molecule has 0 bridgehead atoms. The van der Waals surface area contributed by atoms with Crippen molar-refractivity contribution in [1.82, 2.24) is 0 Å². The number of fused-ring (bicyclic) bond motifs is 1. The summed E-state index contributed by atoms with van der Waals surface area (Å²) in [6, 6.07) is 4.97. The molecule has 1 radical (unpaired) electrons. The third-order valence-electron chi connectivity index (χ3n) is 3.20. The quantitative estimate of drug-likeness (QED) is 0.730. The Morgan fingerprint density at radius 2 is 2.00 bits per heavy atom. The molecule has 3 nitrogen and oxygen atoms in total. The lowest BCUT2D eigenvalue weighted by molar-refractivity contribution is -0.172. The lowest BCUT2D eigenvalue weighted by Crippen LogP contribution is -2.45. The van der Waals surface area contributed by atoms with Gasteiger partial charge in [0.25, 0.3) is 0 Å². The van der Waals surface area contributed by atoms with E-state index in [0.29, 0.717) is 5.75 Å². The van der Waals surface area contributed by atoms with Gasteiger partial charge in [-0.1, -0.05) is 19.9 Å². The van der Waals surface area contributed by atoms with Gasteiger partial charge in [-0.3, -0.25) is 5.11 Å². The highest BCUT2D eigenvalue weighted by molar-refractivity contribution is 5.45. The maximum Gasteiger partial charge on any atom is 0.208 e. The predicted molar refractivity (Wildman–Crippen MR) is 60.3 cm³/mol. The Morgan fingerprint density at radius 1 is 1.31 bits per heavy atom. The van der Waals surface area contributed by atoms with Gasteiger partial charge in [-0.05, 0) is 11.5 Å². The van der Waals surface area contributed by atoms with Crippen molar-refractivity contribution in [3.05, 3.63) is 23.8 Å². The second-order valence-corrected chi connectivity index (χ2v) is 5.16. The lowest BCUT2D eigenvalue weighted by atomic mass is 9.76. The molecule has 0 aromatic heterocycles. The highest BCUT2D eigenvalue weighted by Crippen LogP contribution is 2.45.